The van der Waals surface area contributed by atoms with E-state index >= 15 is 0 Å². The van der Waals surface area contributed by atoms with Crippen molar-refractivity contribution in [3.8, 4) is 11.5 Å². The minimum atomic E-state index is -0.686. The Morgan fingerprint density at radius 1 is 0.944 bits per heavy atom. The zero-order valence-corrected chi connectivity index (χ0v) is 19.4. The smallest absolute Gasteiger partial charge is 0.290 e. The van der Waals surface area contributed by atoms with Crippen LogP contribution in [0, 0.1) is 0 Å². The predicted molar refractivity (Wildman–Crippen MR) is 132 cm³/mol. The minimum absolute atomic E-state index is 0.0283. The number of primary amides is 1. The fraction of sp³-hybridized carbons (Fsp3) is 0.185. The van der Waals surface area contributed by atoms with Crippen LogP contribution in [-0.4, -0.2) is 53.3 Å². The molecule has 9 heteroatoms. The van der Waals surface area contributed by atoms with Crippen molar-refractivity contribution in [2.45, 2.75) is 18.4 Å². The number of hydrogen-bond donors (Lipinski definition) is 3. The van der Waals surface area contributed by atoms with Gasteiger partial charge in [0.05, 0.1) is 6.54 Å². The van der Waals surface area contributed by atoms with Crippen molar-refractivity contribution in [3.63, 3.8) is 0 Å². The van der Waals surface area contributed by atoms with Crippen molar-refractivity contribution in [2.75, 3.05) is 13.1 Å². The molecule has 186 valence electrons. The zero-order valence-electron chi connectivity index (χ0n) is 19.4. The Morgan fingerprint density at radius 3 is 2.08 bits per heavy atom. The summed E-state index contributed by atoms with van der Waals surface area (Å²) < 4.78 is 5.72. The second-order valence-electron chi connectivity index (χ2n) is 8.04. The molecule has 3 amide bonds. The van der Waals surface area contributed by atoms with E-state index in [0.717, 1.165) is 5.56 Å². The molecule has 0 bridgehead atoms. The van der Waals surface area contributed by atoms with Gasteiger partial charge in [-0.3, -0.25) is 19.2 Å². The normalized spacial score (nSPS) is 16.3. The Bertz CT molecular complexity index is 1170. The molecule has 0 aromatic heterocycles. The van der Waals surface area contributed by atoms with E-state index < -0.39 is 11.9 Å². The summed E-state index contributed by atoms with van der Waals surface area (Å²) in [7, 11) is 0. The van der Waals surface area contributed by atoms with Crippen molar-refractivity contribution < 1.29 is 29.0 Å². The number of likely N-dealkylation sites (tertiary alicyclic amines) is 1. The third-order valence-corrected chi connectivity index (χ3v) is 5.72. The molecule has 36 heavy (non-hydrogen) atoms. The lowest BCUT2D eigenvalue weighted by molar-refractivity contribution is -0.136. The van der Waals surface area contributed by atoms with Gasteiger partial charge in [-0.05, 0) is 48.4 Å². The van der Waals surface area contributed by atoms with E-state index in [0.29, 0.717) is 30.0 Å². The van der Waals surface area contributed by atoms with Crippen LogP contribution in [0.4, 0.5) is 0 Å². The first-order valence-electron chi connectivity index (χ1n) is 11.3. The van der Waals surface area contributed by atoms with Crippen molar-refractivity contribution in [1.29, 1.82) is 0 Å². The second-order valence-corrected chi connectivity index (χ2v) is 8.04. The van der Waals surface area contributed by atoms with Crippen LogP contribution >= 0.6 is 0 Å². The molecule has 0 saturated carbocycles. The van der Waals surface area contributed by atoms with Crippen LogP contribution in [-0.2, 0) is 14.4 Å². The van der Waals surface area contributed by atoms with E-state index in [4.69, 9.17) is 20.4 Å². The highest BCUT2D eigenvalue weighted by molar-refractivity contribution is 5.97. The third kappa shape index (κ3) is 6.92. The number of nitrogens with zero attached hydrogens (tertiary/aromatic N) is 1. The van der Waals surface area contributed by atoms with Crippen LogP contribution < -0.4 is 15.8 Å². The number of amides is 3. The SMILES string of the molecule is NC(=O)C1CC(c2ccccc2)CN1C(=O)CNC(=O)c1ccc(Oc2ccccc2)cc1.O=CO. The lowest BCUT2D eigenvalue weighted by Gasteiger charge is -2.22. The van der Waals surface area contributed by atoms with Gasteiger partial charge in [-0.15, -0.1) is 0 Å². The molecule has 4 N–H and O–H groups in total. The van der Waals surface area contributed by atoms with Gasteiger partial charge in [-0.2, -0.15) is 0 Å². The molecule has 0 radical (unpaired) electrons. The molecule has 4 rings (SSSR count). The number of nitrogens with two attached hydrogens (primary N) is 1. The summed E-state index contributed by atoms with van der Waals surface area (Å²) in [5.74, 6) is 0.0622. The Kier molecular flexibility index (Phi) is 9.16. The largest absolute Gasteiger partial charge is 0.483 e. The summed E-state index contributed by atoms with van der Waals surface area (Å²) >= 11 is 0. The van der Waals surface area contributed by atoms with Crippen LogP contribution in [0.5, 0.6) is 11.5 Å². The number of ether oxygens (including phenoxy) is 1. The van der Waals surface area contributed by atoms with Crippen molar-refractivity contribution in [1.82, 2.24) is 10.2 Å². The molecule has 1 aliphatic heterocycles. The number of para-hydroxylation sites is 1. The average Bonchev–Trinajstić information content (AvgIpc) is 3.35. The standard InChI is InChI=1S/C26H25N3O4.CH2O2/c27-25(31)23-15-20(18-7-3-1-4-8-18)17-29(23)24(30)16-28-26(32)19-11-13-22(14-12-19)33-21-9-5-2-6-10-21;2-1-3/h1-14,20,23H,15-17H2,(H2,27,31)(H,28,32);1H,(H,2,3). The summed E-state index contributed by atoms with van der Waals surface area (Å²) in [6.45, 7) is -0.0791. The van der Waals surface area contributed by atoms with Crippen molar-refractivity contribution >= 4 is 24.2 Å². The fourth-order valence-corrected chi connectivity index (χ4v) is 4.01. The molecule has 3 aromatic rings. The molecule has 1 saturated heterocycles. The predicted octanol–water partition coefficient (Wildman–Crippen LogP) is 2.78. The van der Waals surface area contributed by atoms with Crippen LogP contribution in [0.2, 0.25) is 0 Å². The van der Waals surface area contributed by atoms with E-state index in [9.17, 15) is 14.4 Å². The lowest BCUT2D eigenvalue weighted by atomic mass is 9.96. The summed E-state index contributed by atoms with van der Waals surface area (Å²) in [6, 6.07) is 25.0. The molecule has 2 unspecified atom stereocenters. The van der Waals surface area contributed by atoms with Crippen LogP contribution in [0.3, 0.4) is 0 Å². The highest BCUT2D eigenvalue weighted by Crippen LogP contribution is 2.31. The molecule has 0 spiro atoms. The van der Waals surface area contributed by atoms with Gasteiger partial charge < -0.3 is 25.8 Å². The maximum absolute atomic E-state index is 12.8. The number of rotatable bonds is 7. The maximum Gasteiger partial charge on any atom is 0.290 e. The topological polar surface area (TPSA) is 139 Å². The van der Waals surface area contributed by atoms with Crippen molar-refractivity contribution in [3.05, 3.63) is 96.1 Å². The molecule has 1 heterocycles. The minimum Gasteiger partial charge on any atom is -0.483 e. The van der Waals surface area contributed by atoms with Gasteiger partial charge in [-0.25, -0.2) is 0 Å². The van der Waals surface area contributed by atoms with Gasteiger partial charge >= 0.3 is 0 Å². The van der Waals surface area contributed by atoms with Gasteiger partial charge in [0.15, 0.2) is 0 Å². The van der Waals surface area contributed by atoms with Crippen LogP contribution in [0.1, 0.15) is 28.3 Å². The second kappa shape index (κ2) is 12.7. The number of hydrogen-bond acceptors (Lipinski definition) is 5. The van der Waals surface area contributed by atoms with E-state index in [1.807, 2.05) is 60.7 Å². The monoisotopic (exact) mass is 489 g/mol. The highest BCUT2D eigenvalue weighted by Gasteiger charge is 2.38. The van der Waals surface area contributed by atoms with E-state index in [1.165, 1.54) is 4.90 Å². The van der Waals surface area contributed by atoms with Gasteiger partial charge in [-0.1, -0.05) is 48.5 Å². The molecule has 2 atom stereocenters. The van der Waals surface area contributed by atoms with E-state index in [-0.39, 0.29) is 30.7 Å². The van der Waals surface area contributed by atoms with Gasteiger partial charge in [0.2, 0.25) is 11.8 Å². The molecule has 0 aliphatic carbocycles. The summed E-state index contributed by atoms with van der Waals surface area (Å²) in [6.07, 6.45) is 0.474. The first kappa shape index (κ1) is 26.0. The average molecular weight is 490 g/mol. The maximum atomic E-state index is 12.8. The van der Waals surface area contributed by atoms with Crippen LogP contribution in [0.15, 0.2) is 84.9 Å². The fourth-order valence-electron chi connectivity index (χ4n) is 4.01. The van der Waals surface area contributed by atoms with Crippen LogP contribution in [0.25, 0.3) is 0 Å². The van der Waals surface area contributed by atoms with Gasteiger partial charge in [0, 0.05) is 18.0 Å². The molecular formula is C27H27N3O6. The lowest BCUT2D eigenvalue weighted by Crippen LogP contribution is -2.47. The zero-order chi connectivity index (χ0) is 25.9. The molecule has 3 aromatic carbocycles. The Morgan fingerprint density at radius 2 is 1.50 bits per heavy atom. The number of carbonyl (C=O) groups excluding carboxylic acids is 3. The first-order chi connectivity index (χ1) is 17.4. The summed E-state index contributed by atoms with van der Waals surface area (Å²) in [5.41, 5.74) is 7.01. The Balaban J connectivity index is 0.00000115. The quantitative estimate of drug-likeness (QED) is 0.436. The van der Waals surface area contributed by atoms with Gasteiger partial charge in [0.25, 0.3) is 12.4 Å². The molecule has 1 fully saturated rings. The molecule has 9 nitrogen and oxygen atoms in total. The highest BCUT2D eigenvalue weighted by atomic mass is 16.5. The summed E-state index contributed by atoms with van der Waals surface area (Å²) in [4.78, 5) is 47.1. The van der Waals surface area contributed by atoms with E-state index in [1.54, 1.807) is 24.3 Å². The first-order valence-corrected chi connectivity index (χ1v) is 11.3. The number of carbonyl (C=O) groups is 4. The van der Waals surface area contributed by atoms with Crippen molar-refractivity contribution in [2.24, 2.45) is 5.73 Å². The number of benzene rings is 3. The van der Waals surface area contributed by atoms with E-state index in [2.05, 4.69) is 5.32 Å². The Hall–Kier alpha value is -4.66. The number of carboxylic acid groups (broad SMARTS) is 1. The third-order valence-electron chi connectivity index (χ3n) is 5.72. The molecule has 1 aliphatic rings. The number of nitrogens with one attached hydrogen (secondary N) is 1. The molecular weight excluding hydrogens is 462 g/mol. The summed E-state index contributed by atoms with van der Waals surface area (Å²) in [5, 5.41) is 9.52. The Labute approximate surface area is 208 Å². The van der Waals surface area contributed by atoms with Gasteiger partial charge in [0.1, 0.15) is 17.5 Å².